The van der Waals surface area contributed by atoms with Gasteiger partial charge in [0.15, 0.2) is 5.75 Å². The third-order valence-corrected chi connectivity index (χ3v) is 2.29. The lowest BCUT2D eigenvalue weighted by atomic mass is 10.3. The van der Waals surface area contributed by atoms with Crippen LogP contribution in [0.15, 0.2) is 22.9 Å². The zero-order valence-electron chi connectivity index (χ0n) is 6.37. The van der Waals surface area contributed by atoms with Crippen molar-refractivity contribution in [1.82, 2.24) is 4.98 Å². The van der Waals surface area contributed by atoms with Gasteiger partial charge >= 0.3 is 0 Å². The van der Waals surface area contributed by atoms with Crippen molar-refractivity contribution in [3.05, 3.63) is 22.9 Å². The van der Waals surface area contributed by atoms with Gasteiger partial charge in [-0.1, -0.05) is 0 Å². The molecule has 3 nitrogen and oxygen atoms in total. The molecular weight excluding hydrogens is 222 g/mol. The van der Waals surface area contributed by atoms with Crippen LogP contribution in [0.3, 0.4) is 0 Å². The van der Waals surface area contributed by atoms with Gasteiger partial charge in [0.2, 0.25) is 0 Å². The van der Waals surface area contributed by atoms with Crippen molar-refractivity contribution >= 4 is 15.9 Å². The highest BCUT2D eigenvalue weighted by Crippen LogP contribution is 2.24. The first-order chi connectivity index (χ1) is 5.86. The summed E-state index contributed by atoms with van der Waals surface area (Å²) in [6.07, 6.45) is 3.61. The Balaban J connectivity index is 2.06. The molecule has 2 heterocycles. The summed E-state index contributed by atoms with van der Waals surface area (Å²) in [6.45, 7) is 1.36. The molecule has 0 atom stereocenters. The van der Waals surface area contributed by atoms with Crippen LogP contribution in [0.2, 0.25) is 0 Å². The molecule has 1 aromatic rings. The second kappa shape index (κ2) is 3.41. The molecule has 0 radical (unpaired) electrons. The van der Waals surface area contributed by atoms with E-state index in [1.807, 2.05) is 6.07 Å². The largest absolute Gasteiger partial charge is 0.483 e. The van der Waals surface area contributed by atoms with E-state index in [0.29, 0.717) is 13.2 Å². The van der Waals surface area contributed by atoms with Crippen molar-refractivity contribution in [1.29, 1.82) is 0 Å². The molecule has 0 unspecified atom stereocenters. The highest BCUT2D eigenvalue weighted by molar-refractivity contribution is 9.10. The van der Waals surface area contributed by atoms with Crippen LogP contribution in [-0.4, -0.2) is 24.3 Å². The molecule has 1 fully saturated rings. The van der Waals surface area contributed by atoms with Crippen LogP contribution in [0.1, 0.15) is 0 Å². The third kappa shape index (κ3) is 1.59. The van der Waals surface area contributed by atoms with E-state index in [2.05, 4.69) is 20.9 Å². The molecule has 64 valence electrons. The van der Waals surface area contributed by atoms with Crippen molar-refractivity contribution < 1.29 is 9.47 Å². The topological polar surface area (TPSA) is 31.4 Å². The molecule has 2 rings (SSSR count). The Hall–Kier alpha value is -0.610. The molecule has 1 aliphatic heterocycles. The van der Waals surface area contributed by atoms with Crippen molar-refractivity contribution in [2.45, 2.75) is 6.10 Å². The van der Waals surface area contributed by atoms with Gasteiger partial charge in [-0.25, -0.2) is 0 Å². The van der Waals surface area contributed by atoms with Gasteiger partial charge in [-0.2, -0.15) is 0 Å². The fourth-order valence-corrected chi connectivity index (χ4v) is 1.23. The van der Waals surface area contributed by atoms with Gasteiger partial charge < -0.3 is 9.47 Å². The van der Waals surface area contributed by atoms with E-state index in [0.717, 1.165) is 10.2 Å². The first-order valence-electron chi connectivity index (χ1n) is 3.70. The maximum Gasteiger partial charge on any atom is 0.152 e. The molecule has 1 aliphatic rings. The third-order valence-electron chi connectivity index (χ3n) is 1.64. The van der Waals surface area contributed by atoms with Gasteiger partial charge in [0, 0.05) is 6.20 Å². The van der Waals surface area contributed by atoms with Gasteiger partial charge in [0.25, 0.3) is 0 Å². The summed E-state index contributed by atoms with van der Waals surface area (Å²) in [4.78, 5) is 3.96. The fraction of sp³-hybridized carbons (Fsp3) is 0.375. The first kappa shape index (κ1) is 8.01. The highest BCUT2D eigenvalue weighted by atomic mass is 79.9. The predicted octanol–water partition coefficient (Wildman–Crippen LogP) is 1.62. The Morgan fingerprint density at radius 3 is 3.00 bits per heavy atom. The summed E-state index contributed by atoms with van der Waals surface area (Å²) in [7, 11) is 0. The zero-order chi connectivity index (χ0) is 8.39. The lowest BCUT2D eigenvalue weighted by Crippen LogP contribution is -2.38. The summed E-state index contributed by atoms with van der Waals surface area (Å²) >= 11 is 3.37. The van der Waals surface area contributed by atoms with E-state index in [4.69, 9.17) is 9.47 Å². The molecule has 0 aliphatic carbocycles. The monoisotopic (exact) mass is 229 g/mol. The number of nitrogens with zero attached hydrogens (tertiary/aromatic N) is 1. The number of aromatic nitrogens is 1. The second-order valence-electron chi connectivity index (χ2n) is 2.58. The summed E-state index contributed by atoms with van der Waals surface area (Å²) < 4.78 is 11.5. The van der Waals surface area contributed by atoms with Crippen LogP contribution < -0.4 is 4.74 Å². The number of rotatable bonds is 2. The van der Waals surface area contributed by atoms with Crippen molar-refractivity contribution in [3.63, 3.8) is 0 Å². The lowest BCUT2D eigenvalue weighted by molar-refractivity contribution is -0.0800. The number of pyridine rings is 1. The minimum absolute atomic E-state index is 0.200. The highest BCUT2D eigenvalue weighted by Gasteiger charge is 2.20. The average molecular weight is 230 g/mol. The Morgan fingerprint density at radius 1 is 1.58 bits per heavy atom. The SMILES string of the molecule is Brc1ccncc1OC1COC1. The van der Waals surface area contributed by atoms with Gasteiger partial charge in [0.05, 0.1) is 23.9 Å². The molecule has 0 spiro atoms. The number of hydrogen-bond acceptors (Lipinski definition) is 3. The van der Waals surface area contributed by atoms with Gasteiger partial charge in [-0.15, -0.1) is 0 Å². The van der Waals surface area contributed by atoms with Gasteiger partial charge in [-0.05, 0) is 22.0 Å². The van der Waals surface area contributed by atoms with Crippen LogP contribution in [0.5, 0.6) is 5.75 Å². The molecule has 0 aromatic carbocycles. The lowest BCUT2D eigenvalue weighted by Gasteiger charge is -2.26. The summed E-state index contributed by atoms with van der Waals surface area (Å²) in [6, 6.07) is 1.86. The summed E-state index contributed by atoms with van der Waals surface area (Å²) in [5.74, 6) is 0.783. The van der Waals surface area contributed by atoms with Crippen LogP contribution in [0.25, 0.3) is 0 Å². The number of ether oxygens (including phenoxy) is 2. The second-order valence-corrected chi connectivity index (χ2v) is 3.44. The Bertz CT molecular complexity index is 276. The van der Waals surface area contributed by atoms with Crippen LogP contribution in [-0.2, 0) is 4.74 Å². The predicted molar refractivity (Wildman–Crippen MR) is 47.2 cm³/mol. The van der Waals surface area contributed by atoms with Crippen molar-refractivity contribution in [3.8, 4) is 5.75 Å². The molecule has 4 heteroatoms. The molecule has 0 bridgehead atoms. The van der Waals surface area contributed by atoms with Gasteiger partial charge in [0.1, 0.15) is 6.10 Å². The smallest absolute Gasteiger partial charge is 0.152 e. The molecule has 12 heavy (non-hydrogen) atoms. The standard InChI is InChI=1S/C8H8BrNO2/c9-7-1-2-10-3-8(7)12-6-4-11-5-6/h1-3,6H,4-5H2. The Labute approximate surface area is 78.8 Å². The maximum atomic E-state index is 5.55. The number of hydrogen-bond donors (Lipinski definition) is 0. The van der Waals surface area contributed by atoms with Crippen molar-refractivity contribution in [2.75, 3.05) is 13.2 Å². The molecule has 0 saturated carbocycles. The quantitative estimate of drug-likeness (QED) is 0.773. The minimum atomic E-state index is 0.200. The van der Waals surface area contributed by atoms with Crippen LogP contribution >= 0.6 is 15.9 Å². The van der Waals surface area contributed by atoms with E-state index in [-0.39, 0.29) is 6.10 Å². The summed E-state index contributed by atoms with van der Waals surface area (Å²) in [5, 5.41) is 0. The molecule has 0 N–H and O–H groups in total. The first-order valence-corrected chi connectivity index (χ1v) is 4.49. The van der Waals surface area contributed by atoms with E-state index in [9.17, 15) is 0 Å². The van der Waals surface area contributed by atoms with E-state index in [1.54, 1.807) is 12.4 Å². The average Bonchev–Trinajstić information content (AvgIpc) is 2.00. The Morgan fingerprint density at radius 2 is 2.42 bits per heavy atom. The molecular formula is C8H8BrNO2. The molecule has 0 amide bonds. The number of halogens is 1. The van der Waals surface area contributed by atoms with E-state index < -0.39 is 0 Å². The Kier molecular flexibility index (Phi) is 2.28. The maximum absolute atomic E-state index is 5.55. The molecule has 1 aromatic heterocycles. The van der Waals surface area contributed by atoms with E-state index >= 15 is 0 Å². The van der Waals surface area contributed by atoms with Crippen LogP contribution in [0, 0.1) is 0 Å². The fourth-order valence-electron chi connectivity index (χ4n) is 0.911. The van der Waals surface area contributed by atoms with Crippen molar-refractivity contribution in [2.24, 2.45) is 0 Å². The van der Waals surface area contributed by atoms with E-state index in [1.165, 1.54) is 0 Å². The zero-order valence-corrected chi connectivity index (χ0v) is 7.95. The summed E-state index contributed by atoms with van der Waals surface area (Å²) in [5.41, 5.74) is 0. The van der Waals surface area contributed by atoms with Gasteiger partial charge in [-0.3, -0.25) is 4.98 Å². The normalized spacial score (nSPS) is 17.1. The minimum Gasteiger partial charge on any atom is -0.483 e. The molecule has 1 saturated heterocycles. The van der Waals surface area contributed by atoms with Crippen LogP contribution in [0.4, 0.5) is 0 Å².